The standard InChI is InChI=1S/C23H23N3O3S/c1-18(20-11-7-4-8-12-20)24-25-23(27)21-13-15-22(16-14-21)26(30(2,28)29)17-19-9-5-3-6-10-19/h3-16H,17H2,1-2H3,(H,25,27)/b24-18-. The SMILES string of the molecule is C/C(=N/NC(=O)c1ccc(N(Cc2ccccc2)S(C)(=O)=O)cc1)c1ccccc1. The summed E-state index contributed by atoms with van der Waals surface area (Å²) in [6.07, 6.45) is 1.16. The number of carbonyl (C=O) groups excluding carboxylic acids is 1. The highest BCUT2D eigenvalue weighted by molar-refractivity contribution is 7.92. The first-order valence-corrected chi connectivity index (χ1v) is 11.2. The van der Waals surface area contributed by atoms with E-state index in [0.29, 0.717) is 17.0 Å². The first-order chi connectivity index (χ1) is 14.3. The summed E-state index contributed by atoms with van der Waals surface area (Å²) < 4.78 is 25.9. The molecule has 7 heteroatoms. The molecule has 3 rings (SSSR count). The van der Waals surface area contributed by atoms with Crippen LogP contribution in [0.25, 0.3) is 0 Å². The predicted octanol–water partition coefficient (Wildman–Crippen LogP) is 3.81. The Bertz CT molecular complexity index is 1130. The second kappa shape index (κ2) is 9.37. The summed E-state index contributed by atoms with van der Waals surface area (Å²) in [4.78, 5) is 12.4. The van der Waals surface area contributed by atoms with Crippen molar-refractivity contribution in [1.82, 2.24) is 5.43 Å². The first-order valence-electron chi connectivity index (χ1n) is 9.36. The highest BCUT2D eigenvalue weighted by Crippen LogP contribution is 2.21. The smallest absolute Gasteiger partial charge is 0.267 e. The molecule has 3 aromatic rings. The van der Waals surface area contributed by atoms with Gasteiger partial charge in [0, 0.05) is 5.56 Å². The summed E-state index contributed by atoms with van der Waals surface area (Å²) >= 11 is 0. The Hall–Kier alpha value is -3.45. The molecule has 0 saturated heterocycles. The van der Waals surface area contributed by atoms with Crippen molar-refractivity contribution < 1.29 is 13.2 Å². The maximum absolute atomic E-state index is 12.4. The number of rotatable bonds is 7. The van der Waals surface area contributed by atoms with E-state index in [-0.39, 0.29) is 12.5 Å². The van der Waals surface area contributed by atoms with Gasteiger partial charge in [0.15, 0.2) is 0 Å². The normalized spacial score (nSPS) is 11.7. The van der Waals surface area contributed by atoms with Crippen LogP contribution in [0.3, 0.4) is 0 Å². The first kappa shape index (κ1) is 21.3. The molecule has 0 aliphatic heterocycles. The average molecular weight is 422 g/mol. The monoisotopic (exact) mass is 421 g/mol. The summed E-state index contributed by atoms with van der Waals surface area (Å²) in [5.74, 6) is -0.370. The van der Waals surface area contributed by atoms with Gasteiger partial charge in [-0.1, -0.05) is 60.7 Å². The summed E-state index contributed by atoms with van der Waals surface area (Å²) in [7, 11) is -3.49. The fourth-order valence-corrected chi connectivity index (χ4v) is 3.76. The summed E-state index contributed by atoms with van der Waals surface area (Å²) in [5.41, 5.74) is 5.88. The van der Waals surface area contributed by atoms with Crippen LogP contribution >= 0.6 is 0 Å². The number of anilines is 1. The Balaban J connectivity index is 1.74. The largest absolute Gasteiger partial charge is 0.271 e. The molecule has 0 unspecified atom stereocenters. The van der Waals surface area contributed by atoms with Crippen LogP contribution in [0, 0.1) is 0 Å². The Morgan fingerprint density at radius 3 is 2.00 bits per heavy atom. The van der Waals surface area contributed by atoms with E-state index >= 15 is 0 Å². The molecule has 0 radical (unpaired) electrons. The molecule has 0 atom stereocenters. The minimum atomic E-state index is -3.49. The topological polar surface area (TPSA) is 78.8 Å². The second-order valence-electron chi connectivity index (χ2n) is 6.81. The van der Waals surface area contributed by atoms with Crippen molar-refractivity contribution in [3.63, 3.8) is 0 Å². The lowest BCUT2D eigenvalue weighted by Gasteiger charge is -2.22. The van der Waals surface area contributed by atoms with Crippen molar-refractivity contribution in [2.24, 2.45) is 5.10 Å². The molecule has 0 aliphatic rings. The molecule has 30 heavy (non-hydrogen) atoms. The van der Waals surface area contributed by atoms with Crippen LogP contribution < -0.4 is 9.73 Å². The third-order valence-corrected chi connectivity index (χ3v) is 5.64. The zero-order chi connectivity index (χ0) is 21.6. The predicted molar refractivity (Wildman–Crippen MR) is 120 cm³/mol. The summed E-state index contributed by atoms with van der Waals surface area (Å²) in [6, 6.07) is 25.3. The Morgan fingerprint density at radius 1 is 0.867 bits per heavy atom. The lowest BCUT2D eigenvalue weighted by atomic mass is 10.1. The minimum absolute atomic E-state index is 0.214. The molecule has 0 aliphatic carbocycles. The summed E-state index contributed by atoms with van der Waals surface area (Å²) in [6.45, 7) is 2.03. The van der Waals surface area contributed by atoms with Crippen molar-refractivity contribution >= 4 is 27.3 Å². The Kier molecular flexibility index (Phi) is 6.64. The number of sulfonamides is 1. The van der Waals surface area contributed by atoms with Crippen molar-refractivity contribution in [1.29, 1.82) is 0 Å². The van der Waals surface area contributed by atoms with Gasteiger partial charge in [0.1, 0.15) is 0 Å². The summed E-state index contributed by atoms with van der Waals surface area (Å²) in [5, 5.41) is 4.13. The van der Waals surface area contributed by atoms with Gasteiger partial charge in [-0.25, -0.2) is 13.8 Å². The average Bonchev–Trinajstić information content (AvgIpc) is 2.76. The van der Waals surface area contributed by atoms with Gasteiger partial charge in [0.2, 0.25) is 10.0 Å². The fourth-order valence-electron chi connectivity index (χ4n) is 2.87. The zero-order valence-electron chi connectivity index (χ0n) is 16.8. The second-order valence-corrected chi connectivity index (χ2v) is 8.71. The molecular weight excluding hydrogens is 398 g/mol. The van der Waals surface area contributed by atoms with Gasteiger partial charge >= 0.3 is 0 Å². The Morgan fingerprint density at radius 2 is 1.43 bits per heavy atom. The Labute approximate surface area is 176 Å². The van der Waals surface area contributed by atoms with Crippen LogP contribution in [0.5, 0.6) is 0 Å². The molecule has 0 aromatic heterocycles. The van der Waals surface area contributed by atoms with Gasteiger partial charge in [-0.05, 0) is 42.3 Å². The van der Waals surface area contributed by atoms with Crippen molar-refractivity contribution in [3.8, 4) is 0 Å². The number of nitrogens with zero attached hydrogens (tertiary/aromatic N) is 2. The molecule has 1 N–H and O–H groups in total. The minimum Gasteiger partial charge on any atom is -0.267 e. The molecular formula is C23H23N3O3S. The van der Waals surface area contributed by atoms with E-state index in [0.717, 1.165) is 17.4 Å². The van der Waals surface area contributed by atoms with E-state index in [1.807, 2.05) is 67.6 Å². The number of hydrogen-bond acceptors (Lipinski definition) is 4. The number of amides is 1. The van der Waals surface area contributed by atoms with Gasteiger partial charge in [0.05, 0.1) is 24.2 Å². The quantitative estimate of drug-likeness (QED) is 0.465. The van der Waals surface area contributed by atoms with Crippen LogP contribution in [-0.2, 0) is 16.6 Å². The third-order valence-electron chi connectivity index (χ3n) is 4.50. The van der Waals surface area contributed by atoms with Crippen LogP contribution in [0.15, 0.2) is 90.0 Å². The lowest BCUT2D eigenvalue weighted by Crippen LogP contribution is -2.29. The number of hydrazone groups is 1. The zero-order valence-corrected chi connectivity index (χ0v) is 17.6. The lowest BCUT2D eigenvalue weighted by molar-refractivity contribution is 0.0955. The number of carbonyl (C=O) groups is 1. The van der Waals surface area contributed by atoms with E-state index in [2.05, 4.69) is 10.5 Å². The maximum Gasteiger partial charge on any atom is 0.271 e. The van der Waals surface area contributed by atoms with Gasteiger partial charge in [0.25, 0.3) is 5.91 Å². The fraction of sp³-hybridized carbons (Fsp3) is 0.130. The molecule has 0 spiro atoms. The molecule has 6 nitrogen and oxygen atoms in total. The molecule has 1 amide bonds. The highest BCUT2D eigenvalue weighted by Gasteiger charge is 2.18. The van der Waals surface area contributed by atoms with Crippen LogP contribution in [-0.4, -0.2) is 26.3 Å². The number of hydrogen-bond donors (Lipinski definition) is 1. The van der Waals surface area contributed by atoms with Crippen LogP contribution in [0.4, 0.5) is 5.69 Å². The molecule has 0 saturated carbocycles. The van der Waals surface area contributed by atoms with Crippen LogP contribution in [0.2, 0.25) is 0 Å². The molecule has 0 heterocycles. The van der Waals surface area contributed by atoms with Gasteiger partial charge in [-0.15, -0.1) is 0 Å². The van der Waals surface area contributed by atoms with Crippen LogP contribution in [0.1, 0.15) is 28.4 Å². The number of nitrogens with one attached hydrogen (secondary N) is 1. The van der Waals surface area contributed by atoms with Gasteiger partial charge in [-0.3, -0.25) is 9.10 Å². The molecule has 0 fully saturated rings. The van der Waals surface area contributed by atoms with E-state index in [4.69, 9.17) is 0 Å². The maximum atomic E-state index is 12.4. The van der Waals surface area contributed by atoms with E-state index in [1.165, 1.54) is 4.31 Å². The van der Waals surface area contributed by atoms with Gasteiger partial charge < -0.3 is 0 Å². The number of benzene rings is 3. The van der Waals surface area contributed by atoms with Crippen molar-refractivity contribution in [2.45, 2.75) is 13.5 Å². The molecule has 0 bridgehead atoms. The van der Waals surface area contributed by atoms with Gasteiger partial charge in [-0.2, -0.15) is 5.10 Å². The third kappa shape index (κ3) is 5.55. The van der Waals surface area contributed by atoms with E-state index in [1.54, 1.807) is 24.3 Å². The molecule has 154 valence electrons. The van der Waals surface area contributed by atoms with E-state index < -0.39 is 10.0 Å². The highest BCUT2D eigenvalue weighted by atomic mass is 32.2. The van der Waals surface area contributed by atoms with E-state index in [9.17, 15) is 13.2 Å². The van der Waals surface area contributed by atoms with Crippen molar-refractivity contribution in [2.75, 3.05) is 10.6 Å². The van der Waals surface area contributed by atoms with Crippen molar-refractivity contribution in [3.05, 3.63) is 102 Å². The molecule has 3 aromatic carbocycles.